The molecule has 2 aliphatic carbocycles. The van der Waals surface area contributed by atoms with E-state index in [4.69, 9.17) is 5.73 Å². The Morgan fingerprint density at radius 2 is 1.55 bits per heavy atom. The Balaban J connectivity index is 1.98. The van der Waals surface area contributed by atoms with E-state index < -0.39 is 0 Å². The summed E-state index contributed by atoms with van der Waals surface area (Å²) >= 11 is 0. The van der Waals surface area contributed by atoms with Crippen LogP contribution in [0.1, 0.15) is 78.1 Å². The summed E-state index contributed by atoms with van der Waals surface area (Å²) in [6, 6.07) is 1.70. The quantitative estimate of drug-likeness (QED) is 0.765. The molecule has 0 aromatic rings. The van der Waals surface area contributed by atoms with Crippen LogP contribution < -0.4 is 5.73 Å². The molecule has 0 radical (unpaired) electrons. The molecule has 0 saturated heterocycles. The smallest absolute Gasteiger partial charge is 0.0101 e. The number of rotatable bonds is 5. The van der Waals surface area contributed by atoms with Gasteiger partial charge in [0.05, 0.1) is 0 Å². The van der Waals surface area contributed by atoms with Crippen LogP contribution in [-0.4, -0.2) is 30.1 Å². The van der Waals surface area contributed by atoms with E-state index in [-0.39, 0.29) is 0 Å². The largest absolute Gasteiger partial charge is 0.330 e. The maximum Gasteiger partial charge on any atom is 0.0101 e. The van der Waals surface area contributed by atoms with E-state index in [1.165, 1.54) is 70.8 Å². The molecule has 2 aliphatic rings. The van der Waals surface area contributed by atoms with Crippen LogP contribution in [0, 0.1) is 11.8 Å². The second kappa shape index (κ2) is 8.38. The Labute approximate surface area is 126 Å². The fraction of sp³-hybridized carbons (Fsp3) is 1.00. The van der Waals surface area contributed by atoms with Crippen LogP contribution in [0.2, 0.25) is 0 Å². The van der Waals surface area contributed by atoms with Crippen molar-refractivity contribution in [2.45, 2.75) is 90.1 Å². The van der Waals surface area contributed by atoms with Crippen molar-refractivity contribution in [3.8, 4) is 0 Å². The third-order valence-corrected chi connectivity index (χ3v) is 5.95. The molecule has 0 aromatic heterocycles. The second-order valence-corrected chi connectivity index (χ2v) is 7.45. The zero-order chi connectivity index (χ0) is 14.4. The molecule has 0 aliphatic heterocycles. The summed E-state index contributed by atoms with van der Waals surface area (Å²) in [5.41, 5.74) is 5.79. The summed E-state index contributed by atoms with van der Waals surface area (Å²) in [7, 11) is 0. The third-order valence-electron chi connectivity index (χ3n) is 5.95. The lowest BCUT2D eigenvalue weighted by atomic mass is 9.78. The van der Waals surface area contributed by atoms with Crippen molar-refractivity contribution >= 4 is 0 Å². The monoisotopic (exact) mass is 280 g/mol. The minimum absolute atomic E-state index is 0.843. The molecule has 3 atom stereocenters. The van der Waals surface area contributed by atoms with E-state index in [1.54, 1.807) is 0 Å². The van der Waals surface area contributed by atoms with Crippen LogP contribution in [0.25, 0.3) is 0 Å². The van der Waals surface area contributed by atoms with Gasteiger partial charge < -0.3 is 5.73 Å². The van der Waals surface area contributed by atoms with Crippen molar-refractivity contribution in [2.24, 2.45) is 17.6 Å². The number of hydrogen-bond acceptors (Lipinski definition) is 2. The third kappa shape index (κ3) is 4.46. The SMILES string of the molecule is CC1CCC(N(CCCN)C2CCCCCC2)CC1C. The molecule has 3 unspecified atom stereocenters. The molecule has 118 valence electrons. The number of hydrogen-bond donors (Lipinski definition) is 1. The van der Waals surface area contributed by atoms with Crippen LogP contribution in [0.4, 0.5) is 0 Å². The normalized spacial score (nSPS) is 33.3. The van der Waals surface area contributed by atoms with Gasteiger partial charge in [-0.05, 0) is 63.5 Å². The summed E-state index contributed by atoms with van der Waals surface area (Å²) in [5, 5.41) is 0. The average molecular weight is 280 g/mol. The van der Waals surface area contributed by atoms with Gasteiger partial charge in [0.1, 0.15) is 0 Å². The molecule has 2 N–H and O–H groups in total. The molecule has 0 spiro atoms. The Kier molecular flexibility index (Phi) is 6.83. The highest BCUT2D eigenvalue weighted by Crippen LogP contribution is 2.35. The molecule has 0 bridgehead atoms. The molecule has 0 amide bonds. The summed E-state index contributed by atoms with van der Waals surface area (Å²) in [6.45, 7) is 7.00. The van der Waals surface area contributed by atoms with E-state index in [1.807, 2.05) is 0 Å². The summed E-state index contributed by atoms with van der Waals surface area (Å²) in [6.07, 6.45) is 14.1. The molecule has 2 saturated carbocycles. The summed E-state index contributed by atoms with van der Waals surface area (Å²) in [5.74, 6) is 1.83. The van der Waals surface area contributed by atoms with Crippen LogP contribution in [0.15, 0.2) is 0 Å². The van der Waals surface area contributed by atoms with E-state index in [2.05, 4.69) is 18.7 Å². The first-order valence-electron chi connectivity index (χ1n) is 9.18. The molecule has 0 heterocycles. The highest BCUT2D eigenvalue weighted by molar-refractivity contribution is 4.86. The average Bonchev–Trinajstić information content (AvgIpc) is 2.72. The zero-order valence-electron chi connectivity index (χ0n) is 13.8. The minimum atomic E-state index is 0.843. The second-order valence-electron chi connectivity index (χ2n) is 7.45. The lowest BCUT2D eigenvalue weighted by Crippen LogP contribution is -2.47. The first-order chi connectivity index (χ1) is 9.72. The van der Waals surface area contributed by atoms with Crippen LogP contribution >= 0.6 is 0 Å². The molecule has 0 aromatic carbocycles. The molecule has 2 heteroatoms. The molecule has 20 heavy (non-hydrogen) atoms. The van der Waals surface area contributed by atoms with Gasteiger partial charge in [-0.15, -0.1) is 0 Å². The van der Waals surface area contributed by atoms with Gasteiger partial charge in [-0.3, -0.25) is 4.90 Å². The van der Waals surface area contributed by atoms with Gasteiger partial charge in [-0.2, -0.15) is 0 Å². The van der Waals surface area contributed by atoms with Crippen molar-refractivity contribution < 1.29 is 0 Å². The van der Waals surface area contributed by atoms with E-state index >= 15 is 0 Å². The Morgan fingerprint density at radius 3 is 2.15 bits per heavy atom. The van der Waals surface area contributed by atoms with Gasteiger partial charge in [0, 0.05) is 12.1 Å². The van der Waals surface area contributed by atoms with Crippen LogP contribution in [0.3, 0.4) is 0 Å². The van der Waals surface area contributed by atoms with Crippen molar-refractivity contribution in [1.82, 2.24) is 4.90 Å². The van der Waals surface area contributed by atoms with Crippen molar-refractivity contribution in [3.63, 3.8) is 0 Å². The maximum atomic E-state index is 5.79. The number of nitrogens with two attached hydrogens (primary N) is 1. The number of nitrogens with zero attached hydrogens (tertiary/aromatic N) is 1. The fourth-order valence-electron chi connectivity index (χ4n) is 4.35. The van der Waals surface area contributed by atoms with Gasteiger partial charge in [0.2, 0.25) is 0 Å². The van der Waals surface area contributed by atoms with Crippen LogP contribution in [-0.2, 0) is 0 Å². The molecular formula is C18H36N2. The van der Waals surface area contributed by atoms with E-state index in [9.17, 15) is 0 Å². The predicted octanol–water partition coefficient (Wildman–Crippen LogP) is 4.18. The molecule has 2 nitrogen and oxygen atoms in total. The lowest BCUT2D eigenvalue weighted by molar-refractivity contribution is 0.0634. The van der Waals surface area contributed by atoms with Crippen molar-refractivity contribution in [1.29, 1.82) is 0 Å². The van der Waals surface area contributed by atoms with Gasteiger partial charge in [0.25, 0.3) is 0 Å². The van der Waals surface area contributed by atoms with E-state index in [0.29, 0.717) is 0 Å². The van der Waals surface area contributed by atoms with Gasteiger partial charge >= 0.3 is 0 Å². The summed E-state index contributed by atoms with van der Waals surface area (Å²) in [4.78, 5) is 2.89. The van der Waals surface area contributed by atoms with Crippen molar-refractivity contribution in [3.05, 3.63) is 0 Å². The first-order valence-corrected chi connectivity index (χ1v) is 9.18. The Hall–Kier alpha value is -0.0800. The zero-order valence-corrected chi connectivity index (χ0v) is 13.8. The van der Waals surface area contributed by atoms with E-state index in [0.717, 1.165) is 30.5 Å². The molecule has 2 rings (SSSR count). The predicted molar refractivity (Wildman–Crippen MR) is 87.8 cm³/mol. The maximum absolute atomic E-state index is 5.79. The van der Waals surface area contributed by atoms with Crippen molar-refractivity contribution in [2.75, 3.05) is 13.1 Å². The van der Waals surface area contributed by atoms with Gasteiger partial charge in [-0.25, -0.2) is 0 Å². The Bertz CT molecular complexity index is 258. The van der Waals surface area contributed by atoms with Crippen LogP contribution in [0.5, 0.6) is 0 Å². The van der Waals surface area contributed by atoms with Gasteiger partial charge in [0.15, 0.2) is 0 Å². The first kappa shape index (κ1) is 16.3. The standard InChI is InChI=1S/C18H36N2/c1-15-10-11-18(14-16(15)2)20(13-7-12-19)17-8-5-3-4-6-9-17/h15-18H,3-14,19H2,1-2H3. The lowest BCUT2D eigenvalue weighted by Gasteiger charge is -2.43. The molecule has 2 fully saturated rings. The van der Waals surface area contributed by atoms with Gasteiger partial charge in [-0.1, -0.05) is 39.5 Å². The minimum Gasteiger partial charge on any atom is -0.330 e. The fourth-order valence-corrected chi connectivity index (χ4v) is 4.35. The topological polar surface area (TPSA) is 29.3 Å². The highest BCUT2D eigenvalue weighted by atomic mass is 15.2. The summed E-state index contributed by atoms with van der Waals surface area (Å²) < 4.78 is 0. The molecular weight excluding hydrogens is 244 g/mol. The Morgan fingerprint density at radius 1 is 0.850 bits per heavy atom. The highest BCUT2D eigenvalue weighted by Gasteiger charge is 2.32.